The number of primary amides is 1. The van der Waals surface area contributed by atoms with E-state index in [-0.39, 0.29) is 4.90 Å². The summed E-state index contributed by atoms with van der Waals surface area (Å²) in [5, 5.41) is 0. The first-order valence-electron chi connectivity index (χ1n) is 4.61. The smallest absolute Gasteiger partial charge is 0.315 e. The van der Waals surface area contributed by atoms with Crippen molar-refractivity contribution in [1.82, 2.24) is 0 Å². The zero-order valence-corrected chi connectivity index (χ0v) is 10.2. The quantitative estimate of drug-likeness (QED) is 0.724. The van der Waals surface area contributed by atoms with Gasteiger partial charge in [-0.3, -0.25) is 9.59 Å². The molecule has 0 fully saturated rings. The Balaban J connectivity index is 3.04. The summed E-state index contributed by atoms with van der Waals surface area (Å²) >= 11 is 0. The van der Waals surface area contributed by atoms with Gasteiger partial charge in [-0.2, -0.15) is 0 Å². The molecule has 92 valence electrons. The van der Waals surface area contributed by atoms with Crippen molar-refractivity contribution < 1.29 is 18.0 Å². The number of amides is 2. The van der Waals surface area contributed by atoms with Gasteiger partial charge in [0.1, 0.15) is 0 Å². The molecule has 0 aliphatic rings. The predicted molar refractivity (Wildman–Crippen MR) is 62.2 cm³/mol. The first-order valence-corrected chi connectivity index (χ1v) is 6.50. The van der Waals surface area contributed by atoms with Crippen LogP contribution in [0.4, 0.5) is 5.69 Å². The number of sulfone groups is 1. The molecule has 2 N–H and O–H groups in total. The van der Waals surface area contributed by atoms with Crippen LogP contribution in [0.1, 0.15) is 0 Å². The number of nitrogens with zero attached hydrogens (tertiary/aromatic N) is 1. The van der Waals surface area contributed by atoms with E-state index in [1.54, 1.807) is 0 Å². The fourth-order valence-corrected chi connectivity index (χ4v) is 1.83. The number of anilines is 1. The van der Waals surface area contributed by atoms with Crippen LogP contribution in [0.2, 0.25) is 0 Å². The molecule has 0 saturated carbocycles. The second-order valence-corrected chi connectivity index (χ2v) is 5.51. The van der Waals surface area contributed by atoms with Gasteiger partial charge in [0, 0.05) is 19.0 Å². The van der Waals surface area contributed by atoms with Gasteiger partial charge < -0.3 is 10.6 Å². The van der Waals surface area contributed by atoms with Crippen LogP contribution in [0.5, 0.6) is 0 Å². The minimum absolute atomic E-state index is 0.140. The molecular weight excluding hydrogens is 244 g/mol. The van der Waals surface area contributed by atoms with Crippen molar-refractivity contribution in [2.75, 3.05) is 18.2 Å². The topological polar surface area (TPSA) is 97.5 Å². The lowest BCUT2D eigenvalue weighted by Crippen LogP contribution is -2.37. The summed E-state index contributed by atoms with van der Waals surface area (Å²) < 4.78 is 22.4. The largest absolute Gasteiger partial charge is 0.361 e. The molecule has 7 heteroatoms. The van der Waals surface area contributed by atoms with E-state index >= 15 is 0 Å². The third-order valence-electron chi connectivity index (χ3n) is 2.17. The van der Waals surface area contributed by atoms with Gasteiger partial charge in [0.05, 0.1) is 4.90 Å². The van der Waals surface area contributed by atoms with Gasteiger partial charge in [0.2, 0.25) is 0 Å². The van der Waals surface area contributed by atoms with Crippen LogP contribution >= 0.6 is 0 Å². The van der Waals surface area contributed by atoms with Crippen LogP contribution in [0, 0.1) is 0 Å². The lowest BCUT2D eigenvalue weighted by Gasteiger charge is -2.15. The third kappa shape index (κ3) is 3.04. The molecule has 0 heterocycles. The second-order valence-electron chi connectivity index (χ2n) is 3.49. The molecule has 0 spiro atoms. The Labute approximate surface area is 98.9 Å². The van der Waals surface area contributed by atoms with Crippen molar-refractivity contribution >= 4 is 27.3 Å². The molecule has 0 atom stereocenters. The summed E-state index contributed by atoms with van der Waals surface area (Å²) in [6.07, 6.45) is 1.08. The summed E-state index contributed by atoms with van der Waals surface area (Å²) in [5.74, 6) is -1.93. The molecule has 1 rings (SSSR count). The second kappa shape index (κ2) is 4.54. The number of benzene rings is 1. The van der Waals surface area contributed by atoms with Crippen molar-refractivity contribution in [3.8, 4) is 0 Å². The molecular formula is C10H12N2O4S. The predicted octanol–water partition coefficient (Wildman–Crippen LogP) is -0.462. The van der Waals surface area contributed by atoms with Gasteiger partial charge in [0.25, 0.3) is 0 Å². The van der Waals surface area contributed by atoms with Crippen LogP contribution in [-0.2, 0) is 19.4 Å². The Morgan fingerprint density at radius 2 is 1.65 bits per heavy atom. The van der Waals surface area contributed by atoms with Gasteiger partial charge in [-0.05, 0) is 24.3 Å². The van der Waals surface area contributed by atoms with Gasteiger partial charge in [-0.15, -0.1) is 0 Å². The Kier molecular flexibility index (Phi) is 3.52. The van der Waals surface area contributed by atoms with E-state index < -0.39 is 21.7 Å². The molecule has 1 aromatic rings. The van der Waals surface area contributed by atoms with E-state index in [0.29, 0.717) is 5.69 Å². The Morgan fingerprint density at radius 1 is 1.18 bits per heavy atom. The summed E-state index contributed by atoms with van der Waals surface area (Å²) in [7, 11) is -1.90. The number of rotatable bonds is 2. The van der Waals surface area contributed by atoms with E-state index in [0.717, 1.165) is 11.2 Å². The van der Waals surface area contributed by atoms with Gasteiger partial charge in [-0.1, -0.05) is 0 Å². The highest BCUT2D eigenvalue weighted by Crippen LogP contribution is 2.16. The van der Waals surface area contributed by atoms with Crippen LogP contribution < -0.4 is 10.6 Å². The van der Waals surface area contributed by atoms with Crippen LogP contribution in [0.3, 0.4) is 0 Å². The number of likely N-dealkylation sites (N-methyl/N-ethyl adjacent to an activating group) is 1. The first-order chi connectivity index (χ1) is 7.73. The number of carbonyl (C=O) groups excluding carboxylic acids is 2. The minimum atomic E-state index is -3.28. The zero-order valence-electron chi connectivity index (χ0n) is 9.38. The average Bonchev–Trinajstić information content (AvgIpc) is 2.26. The molecule has 0 aromatic heterocycles. The fraction of sp³-hybridized carbons (Fsp3) is 0.200. The minimum Gasteiger partial charge on any atom is -0.361 e. The van der Waals surface area contributed by atoms with Crippen molar-refractivity contribution in [1.29, 1.82) is 0 Å². The van der Waals surface area contributed by atoms with E-state index in [1.807, 2.05) is 0 Å². The van der Waals surface area contributed by atoms with E-state index in [4.69, 9.17) is 5.73 Å². The number of hydrogen-bond acceptors (Lipinski definition) is 4. The van der Waals surface area contributed by atoms with Crippen molar-refractivity contribution in [2.24, 2.45) is 5.73 Å². The number of carbonyl (C=O) groups is 2. The Hall–Kier alpha value is -1.89. The molecule has 0 saturated heterocycles. The molecule has 0 aliphatic carbocycles. The van der Waals surface area contributed by atoms with Crippen molar-refractivity contribution in [3.05, 3.63) is 24.3 Å². The third-order valence-corrected chi connectivity index (χ3v) is 3.30. The SMILES string of the molecule is CN(C(=O)C(N)=O)c1ccc(S(C)(=O)=O)cc1. The maximum Gasteiger partial charge on any atom is 0.315 e. The molecule has 6 nitrogen and oxygen atoms in total. The summed E-state index contributed by atoms with van der Waals surface area (Å²) in [4.78, 5) is 23.1. The highest BCUT2D eigenvalue weighted by molar-refractivity contribution is 7.90. The Bertz CT molecular complexity index is 548. The maximum atomic E-state index is 11.3. The lowest BCUT2D eigenvalue weighted by atomic mass is 10.3. The standard InChI is InChI=1S/C10H12N2O4S/c1-12(10(14)9(11)13)7-3-5-8(6-4-7)17(2,15)16/h3-6H,1-2H3,(H2,11,13). The van der Waals surface area contributed by atoms with Crippen LogP contribution in [-0.4, -0.2) is 33.5 Å². The Morgan fingerprint density at radius 3 is 2.00 bits per heavy atom. The van der Waals surface area contributed by atoms with E-state index in [2.05, 4.69) is 0 Å². The molecule has 0 radical (unpaired) electrons. The average molecular weight is 256 g/mol. The number of hydrogen-bond donors (Lipinski definition) is 1. The maximum absolute atomic E-state index is 11.3. The molecule has 17 heavy (non-hydrogen) atoms. The monoisotopic (exact) mass is 256 g/mol. The van der Waals surface area contributed by atoms with Crippen molar-refractivity contribution in [2.45, 2.75) is 4.90 Å². The molecule has 2 amide bonds. The highest BCUT2D eigenvalue weighted by atomic mass is 32.2. The van der Waals surface area contributed by atoms with Gasteiger partial charge in [-0.25, -0.2) is 8.42 Å². The molecule has 1 aromatic carbocycles. The molecule has 0 aliphatic heterocycles. The van der Waals surface area contributed by atoms with E-state index in [1.165, 1.54) is 31.3 Å². The van der Waals surface area contributed by atoms with Crippen molar-refractivity contribution in [3.63, 3.8) is 0 Å². The normalized spacial score (nSPS) is 10.9. The molecule has 0 bridgehead atoms. The van der Waals surface area contributed by atoms with Gasteiger partial charge in [0.15, 0.2) is 9.84 Å². The van der Waals surface area contributed by atoms with Crippen LogP contribution in [0.25, 0.3) is 0 Å². The fourth-order valence-electron chi connectivity index (χ4n) is 1.20. The summed E-state index contributed by atoms with van der Waals surface area (Å²) in [6, 6.07) is 5.57. The zero-order chi connectivity index (χ0) is 13.2. The highest BCUT2D eigenvalue weighted by Gasteiger charge is 2.17. The van der Waals surface area contributed by atoms with Gasteiger partial charge >= 0.3 is 11.8 Å². The lowest BCUT2D eigenvalue weighted by molar-refractivity contribution is -0.135. The first kappa shape index (κ1) is 13.2. The number of nitrogens with two attached hydrogens (primary N) is 1. The summed E-state index contributed by atoms with van der Waals surface area (Å²) in [5.41, 5.74) is 5.24. The molecule has 0 unspecified atom stereocenters. The summed E-state index contributed by atoms with van der Waals surface area (Å²) in [6.45, 7) is 0. The van der Waals surface area contributed by atoms with Crippen LogP contribution in [0.15, 0.2) is 29.2 Å². The van der Waals surface area contributed by atoms with E-state index in [9.17, 15) is 18.0 Å².